The Kier molecular flexibility index (Phi) is 3.16. The van der Waals surface area contributed by atoms with Gasteiger partial charge in [0, 0.05) is 12.0 Å². The number of benzene rings is 2. The van der Waals surface area contributed by atoms with Gasteiger partial charge in [-0.25, -0.2) is 5.01 Å². The molecule has 0 bridgehead atoms. The van der Waals surface area contributed by atoms with E-state index in [1.165, 1.54) is 16.0 Å². The second-order valence-electron chi connectivity index (χ2n) is 6.04. The lowest BCUT2D eigenvalue weighted by atomic mass is 9.96. The Morgan fingerprint density at radius 3 is 2.62 bits per heavy atom. The summed E-state index contributed by atoms with van der Waals surface area (Å²) in [6, 6.07) is 23.2. The molecule has 0 saturated heterocycles. The quantitative estimate of drug-likeness (QED) is 0.660. The van der Waals surface area contributed by atoms with E-state index >= 15 is 0 Å². The fourth-order valence-corrected chi connectivity index (χ4v) is 4.20. The van der Waals surface area contributed by atoms with Gasteiger partial charge in [-0.15, -0.1) is 11.3 Å². The minimum atomic E-state index is -0.147. The molecule has 2 aromatic carbocycles. The number of ether oxygens (including phenoxy) is 1. The van der Waals surface area contributed by atoms with Crippen LogP contribution in [0.25, 0.3) is 0 Å². The highest BCUT2D eigenvalue weighted by Gasteiger charge is 2.41. The number of rotatable bonds is 2. The SMILES string of the molecule is c1ccc(C2=NN3C(C2)c2ccccc2OC3c2cccs2)cc1. The monoisotopic (exact) mass is 332 g/mol. The normalized spacial score (nSPS) is 21.7. The van der Waals surface area contributed by atoms with Gasteiger partial charge < -0.3 is 4.74 Å². The number of thiophene rings is 1. The molecule has 2 aliphatic heterocycles. The van der Waals surface area contributed by atoms with Crippen LogP contribution in [0.2, 0.25) is 0 Å². The van der Waals surface area contributed by atoms with E-state index in [0.717, 1.165) is 17.9 Å². The van der Waals surface area contributed by atoms with Crippen molar-refractivity contribution in [2.75, 3.05) is 0 Å². The van der Waals surface area contributed by atoms with Gasteiger partial charge in [0.05, 0.1) is 16.6 Å². The first-order valence-corrected chi connectivity index (χ1v) is 8.98. The summed E-state index contributed by atoms with van der Waals surface area (Å²) >= 11 is 1.71. The second-order valence-corrected chi connectivity index (χ2v) is 7.02. The summed E-state index contributed by atoms with van der Waals surface area (Å²) in [6.07, 6.45) is 0.762. The largest absolute Gasteiger partial charge is 0.464 e. The summed E-state index contributed by atoms with van der Waals surface area (Å²) in [5.74, 6) is 0.974. The van der Waals surface area contributed by atoms with Crippen molar-refractivity contribution in [2.24, 2.45) is 5.10 Å². The van der Waals surface area contributed by atoms with Gasteiger partial charge in [0.15, 0.2) is 0 Å². The van der Waals surface area contributed by atoms with E-state index in [0.29, 0.717) is 0 Å². The van der Waals surface area contributed by atoms with Crippen LogP contribution in [0.3, 0.4) is 0 Å². The Morgan fingerprint density at radius 2 is 1.79 bits per heavy atom. The second kappa shape index (κ2) is 5.49. The molecule has 3 aromatic rings. The fourth-order valence-electron chi connectivity index (χ4n) is 3.46. The van der Waals surface area contributed by atoms with Gasteiger partial charge in [-0.3, -0.25) is 0 Å². The molecule has 118 valence electrons. The number of hydrazone groups is 1. The van der Waals surface area contributed by atoms with E-state index in [2.05, 4.69) is 65.0 Å². The van der Waals surface area contributed by atoms with Gasteiger partial charge in [-0.2, -0.15) is 5.10 Å². The van der Waals surface area contributed by atoms with E-state index in [9.17, 15) is 0 Å². The van der Waals surface area contributed by atoms with Crippen LogP contribution in [-0.4, -0.2) is 10.7 Å². The molecule has 4 heteroatoms. The average molecular weight is 332 g/mol. The van der Waals surface area contributed by atoms with Gasteiger partial charge in [0.25, 0.3) is 0 Å². The minimum absolute atomic E-state index is 0.147. The highest BCUT2D eigenvalue weighted by Crippen LogP contribution is 2.47. The highest BCUT2D eigenvalue weighted by atomic mass is 32.1. The molecule has 0 N–H and O–H groups in total. The van der Waals surface area contributed by atoms with E-state index in [4.69, 9.17) is 9.84 Å². The van der Waals surface area contributed by atoms with E-state index in [1.54, 1.807) is 11.3 Å². The summed E-state index contributed by atoms with van der Waals surface area (Å²) in [6.45, 7) is 0. The zero-order valence-corrected chi connectivity index (χ0v) is 13.8. The maximum Gasteiger partial charge on any atom is 0.222 e. The third-order valence-electron chi connectivity index (χ3n) is 4.59. The Hall–Kier alpha value is -2.59. The first-order valence-electron chi connectivity index (χ1n) is 8.10. The van der Waals surface area contributed by atoms with Crippen LogP contribution in [0.15, 0.2) is 77.2 Å². The number of hydrogen-bond donors (Lipinski definition) is 0. The molecule has 0 amide bonds. The Bertz CT molecular complexity index is 889. The number of fused-ring (bicyclic) bond motifs is 3. The molecule has 5 rings (SSSR count). The van der Waals surface area contributed by atoms with Crippen molar-refractivity contribution in [1.29, 1.82) is 0 Å². The van der Waals surface area contributed by atoms with Crippen molar-refractivity contribution in [3.8, 4) is 5.75 Å². The van der Waals surface area contributed by atoms with Gasteiger partial charge >= 0.3 is 0 Å². The molecule has 3 heterocycles. The zero-order valence-electron chi connectivity index (χ0n) is 13.0. The molecule has 0 saturated carbocycles. The zero-order chi connectivity index (χ0) is 15.9. The molecule has 2 unspecified atom stereocenters. The molecule has 1 aromatic heterocycles. The molecular formula is C20H16N2OS. The number of para-hydroxylation sites is 1. The van der Waals surface area contributed by atoms with Crippen LogP contribution in [0.4, 0.5) is 0 Å². The van der Waals surface area contributed by atoms with Crippen LogP contribution >= 0.6 is 11.3 Å². The van der Waals surface area contributed by atoms with E-state index in [-0.39, 0.29) is 12.3 Å². The van der Waals surface area contributed by atoms with Crippen molar-refractivity contribution in [3.05, 3.63) is 88.1 Å². The molecule has 0 aliphatic carbocycles. The van der Waals surface area contributed by atoms with Crippen LogP contribution in [0, 0.1) is 0 Å². The van der Waals surface area contributed by atoms with Crippen molar-refractivity contribution < 1.29 is 4.74 Å². The predicted molar refractivity (Wildman–Crippen MR) is 96.3 cm³/mol. The number of nitrogens with zero attached hydrogens (tertiary/aromatic N) is 2. The standard InChI is InChI=1S/C20H16N2OS/c1-2-7-14(8-3-1)16-13-17-15-9-4-5-10-18(15)23-20(22(17)21-16)19-11-6-12-24-19/h1-12,17,20H,13H2. The third-order valence-corrected chi connectivity index (χ3v) is 5.50. The fraction of sp³-hybridized carbons (Fsp3) is 0.150. The number of hydrogen-bond acceptors (Lipinski definition) is 4. The van der Waals surface area contributed by atoms with Gasteiger partial charge in [0.2, 0.25) is 6.23 Å². The van der Waals surface area contributed by atoms with Crippen molar-refractivity contribution in [2.45, 2.75) is 18.7 Å². The molecule has 0 radical (unpaired) electrons. The molecule has 2 atom stereocenters. The van der Waals surface area contributed by atoms with Gasteiger partial charge in [-0.05, 0) is 23.1 Å². The average Bonchev–Trinajstić information content (AvgIpc) is 3.32. The van der Waals surface area contributed by atoms with Crippen LogP contribution < -0.4 is 4.74 Å². The lowest BCUT2D eigenvalue weighted by Crippen LogP contribution is -2.33. The Labute approximate surface area is 144 Å². The summed E-state index contributed by atoms with van der Waals surface area (Å²) in [7, 11) is 0. The summed E-state index contributed by atoms with van der Waals surface area (Å²) < 4.78 is 6.30. The van der Waals surface area contributed by atoms with Crippen LogP contribution in [0.5, 0.6) is 5.75 Å². The highest BCUT2D eigenvalue weighted by molar-refractivity contribution is 7.10. The van der Waals surface area contributed by atoms with Crippen LogP contribution in [0.1, 0.15) is 34.7 Å². The first kappa shape index (κ1) is 13.8. The Balaban J connectivity index is 1.61. The predicted octanol–water partition coefficient (Wildman–Crippen LogP) is 4.99. The topological polar surface area (TPSA) is 24.8 Å². The molecule has 0 fully saturated rings. The Morgan fingerprint density at radius 1 is 0.958 bits per heavy atom. The van der Waals surface area contributed by atoms with Crippen molar-refractivity contribution >= 4 is 17.0 Å². The third kappa shape index (κ3) is 2.14. The maximum atomic E-state index is 6.30. The molecular weight excluding hydrogens is 316 g/mol. The maximum absolute atomic E-state index is 6.30. The summed E-state index contributed by atoms with van der Waals surface area (Å²) in [4.78, 5) is 1.19. The van der Waals surface area contributed by atoms with Crippen LogP contribution in [-0.2, 0) is 0 Å². The smallest absolute Gasteiger partial charge is 0.222 e. The lowest BCUT2D eigenvalue weighted by molar-refractivity contribution is -0.0165. The molecule has 0 spiro atoms. The van der Waals surface area contributed by atoms with Gasteiger partial charge in [0.1, 0.15) is 5.75 Å². The van der Waals surface area contributed by atoms with Crippen molar-refractivity contribution in [1.82, 2.24) is 5.01 Å². The lowest BCUT2D eigenvalue weighted by Gasteiger charge is -2.37. The molecule has 24 heavy (non-hydrogen) atoms. The summed E-state index contributed by atoms with van der Waals surface area (Å²) in [5, 5.41) is 9.17. The molecule has 2 aliphatic rings. The van der Waals surface area contributed by atoms with E-state index < -0.39 is 0 Å². The van der Waals surface area contributed by atoms with E-state index in [1.807, 2.05) is 12.1 Å². The van der Waals surface area contributed by atoms with Crippen molar-refractivity contribution in [3.63, 3.8) is 0 Å². The minimum Gasteiger partial charge on any atom is -0.464 e. The van der Waals surface area contributed by atoms with Gasteiger partial charge in [-0.1, -0.05) is 54.6 Å². The molecule has 3 nitrogen and oxygen atoms in total. The first-order chi connectivity index (χ1) is 11.9. The summed E-state index contributed by atoms with van der Waals surface area (Å²) in [5.41, 5.74) is 3.54.